The zero-order valence-corrected chi connectivity index (χ0v) is 14.7. The van der Waals surface area contributed by atoms with E-state index in [1.165, 1.54) is 17.0 Å². The number of ether oxygens (including phenoxy) is 1. The quantitative estimate of drug-likeness (QED) is 0.689. The molecule has 0 aliphatic rings. The second-order valence-electron chi connectivity index (χ2n) is 4.85. The molecule has 0 aliphatic heterocycles. The Morgan fingerprint density at radius 2 is 1.90 bits per heavy atom. The summed E-state index contributed by atoms with van der Waals surface area (Å²) in [6.45, 7) is 3.46. The summed E-state index contributed by atoms with van der Waals surface area (Å²) in [5.74, 6) is 0.374. The van der Waals surface area contributed by atoms with Gasteiger partial charge in [-0.15, -0.1) is 0 Å². The average Bonchev–Trinajstić information content (AvgIpc) is 2.38. The summed E-state index contributed by atoms with van der Waals surface area (Å²) < 4.78 is 32.2. The third-order valence-electron chi connectivity index (χ3n) is 2.72. The highest BCUT2D eigenvalue weighted by atomic mass is 35.5. The molecule has 1 aromatic carbocycles. The van der Waals surface area contributed by atoms with Crippen molar-refractivity contribution < 1.29 is 18.1 Å². The first kappa shape index (κ1) is 18.5. The largest absolute Gasteiger partial charge is 0.492 e. The summed E-state index contributed by atoms with van der Waals surface area (Å²) >= 11 is 12.0. The number of hydrogen-bond acceptors (Lipinski definition) is 3. The van der Waals surface area contributed by atoms with E-state index in [0.717, 1.165) is 13.0 Å². The third kappa shape index (κ3) is 5.64. The van der Waals surface area contributed by atoms with Crippen molar-refractivity contribution in [2.45, 2.75) is 18.2 Å². The Morgan fingerprint density at radius 1 is 1.24 bits per heavy atom. The van der Waals surface area contributed by atoms with E-state index in [-0.39, 0.29) is 14.9 Å². The lowest BCUT2D eigenvalue weighted by molar-refractivity contribution is -0.858. The molecular formula is C13H21Cl2N2O3S+. The highest BCUT2D eigenvalue weighted by Gasteiger charge is 2.20. The van der Waals surface area contributed by atoms with Crippen molar-refractivity contribution in [3.8, 4) is 5.75 Å². The second-order valence-corrected chi connectivity index (χ2v) is 7.40. The summed E-state index contributed by atoms with van der Waals surface area (Å²) in [7, 11) is 0.349. The minimum Gasteiger partial charge on any atom is -0.492 e. The molecule has 0 heterocycles. The van der Waals surface area contributed by atoms with Crippen molar-refractivity contribution in [2.24, 2.45) is 0 Å². The molecular weight excluding hydrogens is 335 g/mol. The lowest BCUT2D eigenvalue weighted by Gasteiger charge is -2.12. The summed E-state index contributed by atoms with van der Waals surface area (Å²) in [4.78, 5) is 1.23. The Bertz CT molecular complexity index is 577. The van der Waals surface area contributed by atoms with E-state index in [4.69, 9.17) is 27.9 Å². The molecule has 8 heteroatoms. The van der Waals surface area contributed by atoms with Gasteiger partial charge in [0.15, 0.2) is 0 Å². The minimum atomic E-state index is -3.67. The van der Waals surface area contributed by atoms with Crippen LogP contribution in [-0.2, 0) is 10.0 Å². The van der Waals surface area contributed by atoms with E-state index < -0.39 is 10.0 Å². The van der Waals surface area contributed by atoms with E-state index in [2.05, 4.69) is 4.72 Å². The molecule has 0 radical (unpaired) electrons. The van der Waals surface area contributed by atoms with Crippen LogP contribution in [0.4, 0.5) is 0 Å². The van der Waals surface area contributed by atoms with Gasteiger partial charge in [-0.25, -0.2) is 13.1 Å². The van der Waals surface area contributed by atoms with Crippen LogP contribution >= 0.6 is 23.2 Å². The number of hydrogen-bond donors (Lipinski definition) is 2. The Morgan fingerprint density at radius 3 is 2.48 bits per heavy atom. The molecule has 1 rings (SSSR count). The molecule has 0 fully saturated rings. The summed E-state index contributed by atoms with van der Waals surface area (Å²) in [5, 5.41) is 0.313. The molecule has 0 atom stereocenters. The van der Waals surface area contributed by atoms with Gasteiger partial charge in [0.2, 0.25) is 10.0 Å². The maximum Gasteiger partial charge on any atom is 0.242 e. The van der Waals surface area contributed by atoms with Gasteiger partial charge in [0.05, 0.1) is 37.3 Å². The van der Waals surface area contributed by atoms with Gasteiger partial charge in [-0.2, -0.15) is 0 Å². The van der Waals surface area contributed by atoms with Gasteiger partial charge in [0, 0.05) is 19.0 Å². The monoisotopic (exact) mass is 355 g/mol. The Hall–Kier alpha value is -0.530. The van der Waals surface area contributed by atoms with Gasteiger partial charge < -0.3 is 9.64 Å². The van der Waals surface area contributed by atoms with E-state index in [1.54, 1.807) is 0 Å². The molecule has 0 unspecified atom stereocenters. The molecule has 21 heavy (non-hydrogen) atoms. The number of nitrogens with one attached hydrogen (secondary N) is 2. The van der Waals surface area contributed by atoms with Crippen molar-refractivity contribution in [1.82, 2.24) is 4.72 Å². The van der Waals surface area contributed by atoms with Crippen LogP contribution in [0.15, 0.2) is 17.0 Å². The van der Waals surface area contributed by atoms with Crippen LogP contribution in [0.2, 0.25) is 10.0 Å². The normalized spacial score (nSPS) is 11.9. The maximum absolute atomic E-state index is 12.2. The molecule has 0 amide bonds. The molecule has 0 aromatic heterocycles. The summed E-state index contributed by atoms with van der Waals surface area (Å²) in [6, 6.07) is 2.74. The van der Waals surface area contributed by atoms with Crippen LogP contribution in [0, 0.1) is 0 Å². The predicted molar refractivity (Wildman–Crippen MR) is 85.1 cm³/mol. The number of halogens is 2. The highest BCUT2D eigenvalue weighted by Crippen LogP contribution is 2.33. The van der Waals surface area contributed by atoms with E-state index in [9.17, 15) is 8.42 Å². The van der Waals surface area contributed by atoms with Crippen molar-refractivity contribution in [3.05, 3.63) is 22.2 Å². The Kier molecular flexibility index (Phi) is 7.23. The Labute approximate surface area is 136 Å². The molecule has 0 bridgehead atoms. The number of sulfonamides is 1. The van der Waals surface area contributed by atoms with Crippen molar-refractivity contribution in [3.63, 3.8) is 0 Å². The van der Waals surface area contributed by atoms with Crippen LogP contribution < -0.4 is 14.4 Å². The third-order valence-corrected chi connectivity index (χ3v) is 4.94. The predicted octanol–water partition coefficient (Wildman–Crippen LogP) is 1.21. The SMILES string of the molecule is CCOc1cc(Cl)c(S(=O)(=O)NCCC[NH+](C)C)cc1Cl. The molecule has 0 saturated carbocycles. The second kappa shape index (κ2) is 8.19. The summed E-state index contributed by atoms with van der Waals surface area (Å²) in [6.07, 6.45) is 0.740. The van der Waals surface area contributed by atoms with Crippen molar-refractivity contribution in [1.29, 1.82) is 0 Å². The zero-order chi connectivity index (χ0) is 16.0. The van der Waals surface area contributed by atoms with Gasteiger partial charge in [-0.1, -0.05) is 23.2 Å². The molecule has 5 nitrogen and oxygen atoms in total. The van der Waals surface area contributed by atoms with Crippen LogP contribution in [0.25, 0.3) is 0 Å². The van der Waals surface area contributed by atoms with Gasteiger partial charge >= 0.3 is 0 Å². The zero-order valence-electron chi connectivity index (χ0n) is 12.4. The Balaban J connectivity index is 2.86. The van der Waals surface area contributed by atoms with Gasteiger partial charge in [-0.3, -0.25) is 0 Å². The van der Waals surface area contributed by atoms with Crippen LogP contribution in [0.5, 0.6) is 5.75 Å². The van der Waals surface area contributed by atoms with Crippen LogP contribution in [0.3, 0.4) is 0 Å². The highest BCUT2D eigenvalue weighted by molar-refractivity contribution is 7.89. The van der Waals surface area contributed by atoms with E-state index in [1.807, 2.05) is 21.0 Å². The average molecular weight is 356 g/mol. The first-order valence-corrected chi connectivity index (χ1v) is 8.92. The number of rotatable bonds is 8. The molecule has 1 aromatic rings. The molecule has 2 N–H and O–H groups in total. The lowest BCUT2D eigenvalue weighted by atomic mass is 10.3. The molecule has 0 saturated heterocycles. The first-order chi connectivity index (χ1) is 9.77. The molecule has 120 valence electrons. The molecule has 0 aliphatic carbocycles. The van der Waals surface area contributed by atoms with Crippen molar-refractivity contribution >= 4 is 33.2 Å². The van der Waals surface area contributed by atoms with Gasteiger partial charge in [-0.05, 0) is 13.0 Å². The van der Waals surface area contributed by atoms with Crippen LogP contribution in [-0.4, -0.2) is 42.2 Å². The lowest BCUT2D eigenvalue weighted by Crippen LogP contribution is -3.05. The summed E-state index contributed by atoms with van der Waals surface area (Å²) in [5.41, 5.74) is 0. The van der Waals surface area contributed by atoms with Gasteiger partial charge in [0.25, 0.3) is 0 Å². The topological polar surface area (TPSA) is 59.8 Å². The smallest absolute Gasteiger partial charge is 0.242 e. The van der Waals surface area contributed by atoms with Crippen molar-refractivity contribution in [2.75, 3.05) is 33.8 Å². The fourth-order valence-electron chi connectivity index (χ4n) is 1.71. The van der Waals surface area contributed by atoms with Crippen LogP contribution in [0.1, 0.15) is 13.3 Å². The standard InChI is InChI=1S/C13H20Cl2N2O3S/c1-4-20-12-8-11(15)13(9-10(12)14)21(18,19)16-6-5-7-17(2)3/h8-9,16H,4-7H2,1-3H3/p+1. The van der Waals surface area contributed by atoms with Gasteiger partial charge in [0.1, 0.15) is 10.6 Å². The minimum absolute atomic E-state index is 0.0326. The fraction of sp³-hybridized carbons (Fsp3) is 0.538. The molecule has 0 spiro atoms. The maximum atomic E-state index is 12.2. The number of quaternary nitrogens is 1. The first-order valence-electron chi connectivity index (χ1n) is 6.68. The number of benzene rings is 1. The fourth-order valence-corrected chi connectivity index (χ4v) is 3.61. The van der Waals surface area contributed by atoms with E-state index >= 15 is 0 Å². The van der Waals surface area contributed by atoms with E-state index in [0.29, 0.717) is 18.9 Å².